The summed E-state index contributed by atoms with van der Waals surface area (Å²) in [6.07, 6.45) is 1.56. The van der Waals surface area contributed by atoms with Crippen LogP contribution in [0.1, 0.15) is 5.82 Å². The van der Waals surface area contributed by atoms with E-state index in [-0.39, 0.29) is 0 Å². The van der Waals surface area contributed by atoms with E-state index >= 15 is 0 Å². The monoisotopic (exact) mass is 266 g/mol. The fraction of sp³-hybridized carbons (Fsp3) is 0.200. The van der Waals surface area contributed by atoms with E-state index in [0.29, 0.717) is 6.54 Å². The van der Waals surface area contributed by atoms with Crippen LogP contribution in [0.5, 0.6) is 0 Å². The minimum atomic E-state index is 0.704. The van der Waals surface area contributed by atoms with Crippen LogP contribution in [0.2, 0.25) is 0 Å². The van der Waals surface area contributed by atoms with Crippen LogP contribution in [-0.4, -0.2) is 21.8 Å². The second-order valence-corrected chi connectivity index (χ2v) is 4.01. The molecule has 0 radical (unpaired) electrons. The third kappa shape index (κ3) is 2.24. The molecule has 1 aromatic heterocycles. The fourth-order valence-corrected chi connectivity index (χ4v) is 1.61. The largest absolute Gasteiger partial charge is 0.313 e. The van der Waals surface area contributed by atoms with E-state index < -0.39 is 0 Å². The first-order valence-corrected chi connectivity index (χ1v) is 5.40. The summed E-state index contributed by atoms with van der Waals surface area (Å²) in [5, 5.41) is 7.24. The van der Waals surface area contributed by atoms with Crippen LogP contribution in [0, 0.1) is 0 Å². The molecule has 0 saturated carbocycles. The van der Waals surface area contributed by atoms with Crippen molar-refractivity contribution in [1.82, 2.24) is 20.1 Å². The van der Waals surface area contributed by atoms with Gasteiger partial charge in [-0.15, -0.1) is 0 Å². The highest BCUT2D eigenvalue weighted by atomic mass is 79.9. The maximum Gasteiger partial charge on any atom is 0.146 e. The van der Waals surface area contributed by atoms with Gasteiger partial charge in [-0.2, -0.15) is 5.10 Å². The summed E-state index contributed by atoms with van der Waals surface area (Å²) in [5.74, 6) is 0.903. The number of hydrogen-bond acceptors (Lipinski definition) is 3. The Morgan fingerprint density at radius 2 is 2.07 bits per heavy atom. The molecule has 0 spiro atoms. The zero-order chi connectivity index (χ0) is 10.7. The summed E-state index contributed by atoms with van der Waals surface area (Å²) < 4.78 is 2.88. The Morgan fingerprint density at radius 1 is 1.33 bits per heavy atom. The van der Waals surface area contributed by atoms with Gasteiger partial charge in [-0.25, -0.2) is 9.67 Å². The number of hydrogen-bond donors (Lipinski definition) is 1. The lowest BCUT2D eigenvalue weighted by Gasteiger charge is -2.05. The Bertz CT molecular complexity index is 435. The van der Waals surface area contributed by atoms with Crippen LogP contribution in [0.15, 0.2) is 35.1 Å². The van der Waals surface area contributed by atoms with Gasteiger partial charge in [0.25, 0.3) is 0 Å². The molecule has 78 valence electrons. The zero-order valence-corrected chi connectivity index (χ0v) is 9.90. The van der Waals surface area contributed by atoms with Crippen molar-refractivity contribution in [3.63, 3.8) is 0 Å². The van der Waals surface area contributed by atoms with Crippen molar-refractivity contribution in [2.24, 2.45) is 0 Å². The predicted molar refractivity (Wildman–Crippen MR) is 61.8 cm³/mol. The minimum absolute atomic E-state index is 0.704. The Kier molecular flexibility index (Phi) is 3.13. The predicted octanol–water partition coefficient (Wildman–Crippen LogP) is 1.75. The molecule has 2 rings (SSSR count). The summed E-state index contributed by atoms with van der Waals surface area (Å²) in [7, 11) is 1.89. The summed E-state index contributed by atoms with van der Waals surface area (Å²) in [4.78, 5) is 4.18. The van der Waals surface area contributed by atoms with Crippen LogP contribution in [-0.2, 0) is 6.54 Å². The average Bonchev–Trinajstić information content (AvgIpc) is 2.68. The molecule has 0 saturated heterocycles. The van der Waals surface area contributed by atoms with Crippen LogP contribution < -0.4 is 5.32 Å². The third-order valence-corrected chi connectivity index (χ3v) is 2.55. The van der Waals surface area contributed by atoms with Crippen LogP contribution >= 0.6 is 15.9 Å². The SMILES string of the molecule is CNCc1ncnn1-c1ccc(Br)cc1. The molecule has 0 aliphatic heterocycles. The van der Waals surface area contributed by atoms with E-state index in [1.54, 1.807) is 6.33 Å². The molecule has 0 amide bonds. The van der Waals surface area contributed by atoms with Gasteiger partial charge in [-0.05, 0) is 31.3 Å². The number of nitrogens with zero attached hydrogens (tertiary/aromatic N) is 3. The Hall–Kier alpha value is -1.20. The number of rotatable bonds is 3. The first kappa shape index (κ1) is 10.3. The first-order valence-electron chi connectivity index (χ1n) is 4.60. The van der Waals surface area contributed by atoms with Gasteiger partial charge >= 0.3 is 0 Å². The normalized spacial score (nSPS) is 10.5. The number of halogens is 1. The highest BCUT2D eigenvalue weighted by Crippen LogP contribution is 2.14. The lowest BCUT2D eigenvalue weighted by Crippen LogP contribution is -2.12. The van der Waals surface area contributed by atoms with Crippen molar-refractivity contribution in [3.05, 3.63) is 40.9 Å². The molecule has 2 aromatic rings. The summed E-state index contributed by atoms with van der Waals surface area (Å²) in [6.45, 7) is 0.704. The van der Waals surface area contributed by atoms with Gasteiger partial charge in [0.15, 0.2) is 0 Å². The summed E-state index contributed by atoms with van der Waals surface area (Å²) >= 11 is 3.40. The van der Waals surface area contributed by atoms with E-state index in [0.717, 1.165) is 16.0 Å². The Labute approximate surface area is 96.5 Å². The third-order valence-electron chi connectivity index (χ3n) is 2.02. The van der Waals surface area contributed by atoms with E-state index in [9.17, 15) is 0 Å². The molecule has 1 heterocycles. The molecule has 1 N–H and O–H groups in total. The number of nitrogens with one attached hydrogen (secondary N) is 1. The number of benzene rings is 1. The van der Waals surface area contributed by atoms with Gasteiger partial charge in [0, 0.05) is 4.47 Å². The molecule has 0 fully saturated rings. The van der Waals surface area contributed by atoms with E-state index in [2.05, 4.69) is 31.3 Å². The van der Waals surface area contributed by atoms with Gasteiger partial charge < -0.3 is 5.32 Å². The first-order chi connectivity index (χ1) is 7.31. The minimum Gasteiger partial charge on any atom is -0.313 e. The van der Waals surface area contributed by atoms with Crippen molar-refractivity contribution < 1.29 is 0 Å². The van der Waals surface area contributed by atoms with Crippen LogP contribution in [0.4, 0.5) is 0 Å². The Balaban J connectivity index is 2.36. The summed E-state index contributed by atoms with van der Waals surface area (Å²) in [6, 6.07) is 7.97. The maximum atomic E-state index is 4.18. The topological polar surface area (TPSA) is 42.7 Å². The molecular formula is C10H11BrN4. The van der Waals surface area contributed by atoms with Crippen LogP contribution in [0.3, 0.4) is 0 Å². The molecule has 0 aliphatic carbocycles. The molecule has 0 bridgehead atoms. The molecule has 0 aliphatic rings. The highest BCUT2D eigenvalue weighted by Gasteiger charge is 2.04. The van der Waals surface area contributed by atoms with Gasteiger partial charge in [-0.1, -0.05) is 15.9 Å². The van der Waals surface area contributed by atoms with Crippen molar-refractivity contribution in [2.75, 3.05) is 7.05 Å². The van der Waals surface area contributed by atoms with Crippen molar-refractivity contribution in [1.29, 1.82) is 0 Å². The highest BCUT2D eigenvalue weighted by molar-refractivity contribution is 9.10. The molecule has 15 heavy (non-hydrogen) atoms. The molecular weight excluding hydrogens is 256 g/mol. The lowest BCUT2D eigenvalue weighted by molar-refractivity contribution is 0.712. The molecule has 5 heteroatoms. The number of aromatic nitrogens is 3. The molecule has 0 atom stereocenters. The van der Waals surface area contributed by atoms with Gasteiger partial charge in [0.2, 0.25) is 0 Å². The van der Waals surface area contributed by atoms with Crippen molar-refractivity contribution >= 4 is 15.9 Å². The molecule has 1 aromatic carbocycles. The summed E-state index contributed by atoms with van der Waals surface area (Å²) in [5.41, 5.74) is 1.01. The molecule has 0 unspecified atom stereocenters. The molecule has 4 nitrogen and oxygen atoms in total. The second kappa shape index (κ2) is 4.55. The van der Waals surface area contributed by atoms with E-state index in [1.165, 1.54) is 0 Å². The zero-order valence-electron chi connectivity index (χ0n) is 8.31. The van der Waals surface area contributed by atoms with E-state index in [4.69, 9.17) is 0 Å². The lowest BCUT2D eigenvalue weighted by atomic mass is 10.3. The second-order valence-electron chi connectivity index (χ2n) is 3.09. The van der Waals surface area contributed by atoms with E-state index in [1.807, 2.05) is 36.0 Å². The van der Waals surface area contributed by atoms with Crippen molar-refractivity contribution in [2.45, 2.75) is 6.54 Å². The van der Waals surface area contributed by atoms with Gasteiger partial charge in [0.1, 0.15) is 12.2 Å². The standard InChI is InChI=1S/C10H11BrN4/c1-12-6-10-13-7-14-15(10)9-4-2-8(11)3-5-9/h2-5,7,12H,6H2,1H3. The maximum absolute atomic E-state index is 4.18. The quantitative estimate of drug-likeness (QED) is 0.921. The van der Waals surface area contributed by atoms with Crippen LogP contribution in [0.25, 0.3) is 5.69 Å². The Morgan fingerprint density at radius 3 is 2.73 bits per heavy atom. The van der Waals surface area contributed by atoms with Gasteiger partial charge in [0.05, 0.1) is 12.2 Å². The van der Waals surface area contributed by atoms with Crippen molar-refractivity contribution in [3.8, 4) is 5.69 Å². The smallest absolute Gasteiger partial charge is 0.146 e. The van der Waals surface area contributed by atoms with Gasteiger partial charge in [-0.3, -0.25) is 0 Å². The fourth-order valence-electron chi connectivity index (χ4n) is 1.34. The average molecular weight is 267 g/mol.